The minimum absolute atomic E-state index is 0.0394. The molecule has 252 valence electrons. The van der Waals surface area contributed by atoms with Gasteiger partial charge in [0.25, 0.3) is 0 Å². The fraction of sp³-hybridized carbons (Fsp3) is 0.182. The summed E-state index contributed by atoms with van der Waals surface area (Å²) in [5, 5.41) is 28.3. The summed E-state index contributed by atoms with van der Waals surface area (Å²) in [7, 11) is 0. The first-order valence-electron chi connectivity index (χ1n) is 16.7. The summed E-state index contributed by atoms with van der Waals surface area (Å²) in [5.74, 6) is 0.574. The van der Waals surface area contributed by atoms with Crippen molar-refractivity contribution in [2.45, 2.75) is 40.5 Å². The highest BCUT2D eigenvalue weighted by Crippen LogP contribution is 2.40. The smallest absolute Gasteiger partial charge is 0.349 e. The second-order valence-electron chi connectivity index (χ2n) is 12.9. The first-order chi connectivity index (χ1) is 24.6. The highest BCUT2D eigenvalue weighted by Gasteiger charge is 2.28. The number of carbonyl (C=O) groups excluding carboxylic acids is 1. The van der Waals surface area contributed by atoms with E-state index in [1.165, 1.54) is 0 Å². The van der Waals surface area contributed by atoms with Crippen molar-refractivity contribution in [2.75, 3.05) is 11.5 Å². The Morgan fingerprint density at radius 1 is 0.784 bits per heavy atom. The number of esters is 1. The summed E-state index contributed by atoms with van der Waals surface area (Å²) in [6, 6.07) is 32.6. The molecule has 0 fully saturated rings. The van der Waals surface area contributed by atoms with E-state index in [1.807, 2.05) is 60.7 Å². The summed E-state index contributed by atoms with van der Waals surface area (Å²) < 4.78 is 10.9. The van der Waals surface area contributed by atoms with Gasteiger partial charge in [0, 0.05) is 22.6 Å². The number of para-hydroxylation sites is 1. The Bertz CT molecular complexity index is 2120. The predicted molar refractivity (Wildman–Crippen MR) is 201 cm³/mol. The van der Waals surface area contributed by atoms with Gasteiger partial charge in [-0.15, -0.1) is 0 Å². The summed E-state index contributed by atoms with van der Waals surface area (Å²) in [6.07, 6.45) is 14.6. The van der Waals surface area contributed by atoms with Gasteiger partial charge in [0.2, 0.25) is 0 Å². The van der Waals surface area contributed by atoms with Crippen molar-refractivity contribution in [1.82, 2.24) is 0 Å². The van der Waals surface area contributed by atoms with Gasteiger partial charge >= 0.3 is 5.97 Å². The van der Waals surface area contributed by atoms with Gasteiger partial charge in [-0.3, -0.25) is 0 Å². The zero-order chi connectivity index (χ0) is 36.4. The molecular weight excluding hydrogens is 633 g/mol. The average Bonchev–Trinajstić information content (AvgIpc) is 3.12. The van der Waals surface area contributed by atoms with Crippen LogP contribution < -0.4 is 4.90 Å². The number of hydrogen-bond donors (Lipinski definition) is 0. The number of hydrogen-bond acceptors (Lipinski definition) is 7. The van der Waals surface area contributed by atoms with Crippen LogP contribution in [0.1, 0.15) is 51.7 Å². The number of allylic oxidation sites excluding steroid dienone is 10. The fourth-order valence-electron chi connectivity index (χ4n) is 6.09. The Balaban J connectivity index is 1.38. The molecule has 0 radical (unpaired) electrons. The Hall–Kier alpha value is -6.62. The summed E-state index contributed by atoms with van der Waals surface area (Å²) in [4.78, 5) is 14.6. The second-order valence-corrected chi connectivity index (χ2v) is 12.9. The standard InChI is InChI=1S/C44H38N4O3/c1-5-50-43(49)42(30-47)36-24-34(26-44(3,4)27-36)12-11-32-13-18-39(19-14-32)48(38-9-7-6-8-10-38)40-20-15-33(16-21-40)17-22-41-25-35(23-31(2)51-41)37(28-45)29-46/h6-25H,5,26-27H2,1-4H3/b12-11+,22-17+,42-36+. The maximum atomic E-state index is 12.4. The Morgan fingerprint density at radius 2 is 1.37 bits per heavy atom. The van der Waals surface area contributed by atoms with Crippen LogP contribution in [0.3, 0.4) is 0 Å². The topological polar surface area (TPSA) is 110 Å². The summed E-state index contributed by atoms with van der Waals surface area (Å²) in [6.45, 7) is 8.02. The molecule has 51 heavy (non-hydrogen) atoms. The Morgan fingerprint density at radius 3 is 1.94 bits per heavy atom. The Labute approximate surface area is 300 Å². The molecule has 3 aromatic rings. The minimum atomic E-state index is -0.573. The van der Waals surface area contributed by atoms with Crippen LogP contribution in [0.2, 0.25) is 0 Å². The summed E-state index contributed by atoms with van der Waals surface area (Å²) >= 11 is 0. The van der Waals surface area contributed by atoms with Crippen molar-refractivity contribution in [3.8, 4) is 18.2 Å². The van der Waals surface area contributed by atoms with Gasteiger partial charge in [-0.25, -0.2) is 4.79 Å². The molecule has 5 rings (SSSR count). The molecule has 7 heteroatoms. The van der Waals surface area contributed by atoms with Crippen LogP contribution in [0.25, 0.3) is 12.2 Å². The van der Waals surface area contributed by atoms with Gasteiger partial charge in [-0.1, -0.05) is 80.6 Å². The maximum Gasteiger partial charge on any atom is 0.349 e. The van der Waals surface area contributed by atoms with Gasteiger partial charge in [-0.2, -0.15) is 15.8 Å². The lowest BCUT2D eigenvalue weighted by Gasteiger charge is -2.30. The van der Waals surface area contributed by atoms with Crippen LogP contribution in [-0.2, 0) is 14.3 Å². The lowest BCUT2D eigenvalue weighted by molar-refractivity contribution is -0.138. The van der Waals surface area contributed by atoms with Crippen molar-refractivity contribution >= 4 is 35.2 Å². The van der Waals surface area contributed by atoms with Crippen LogP contribution in [0.5, 0.6) is 0 Å². The molecule has 0 unspecified atom stereocenters. The van der Waals surface area contributed by atoms with Gasteiger partial charge in [0.1, 0.15) is 40.9 Å². The number of benzene rings is 3. The van der Waals surface area contributed by atoms with E-state index < -0.39 is 5.97 Å². The molecule has 0 N–H and O–H groups in total. The van der Waals surface area contributed by atoms with Crippen molar-refractivity contribution in [3.63, 3.8) is 0 Å². The largest absolute Gasteiger partial charge is 0.462 e. The normalized spacial score (nSPS) is 16.1. The van der Waals surface area contributed by atoms with Crippen molar-refractivity contribution in [3.05, 3.63) is 160 Å². The van der Waals surface area contributed by atoms with E-state index in [0.29, 0.717) is 29.1 Å². The van der Waals surface area contributed by atoms with E-state index in [9.17, 15) is 20.6 Å². The number of carbonyl (C=O) groups is 1. The Kier molecular flexibility index (Phi) is 11.3. The first kappa shape index (κ1) is 35.7. The number of ether oxygens (including phenoxy) is 2. The molecule has 1 aliphatic heterocycles. The van der Waals surface area contributed by atoms with E-state index >= 15 is 0 Å². The van der Waals surface area contributed by atoms with E-state index in [-0.39, 0.29) is 23.2 Å². The van der Waals surface area contributed by atoms with Crippen LogP contribution in [0, 0.1) is 39.4 Å². The van der Waals surface area contributed by atoms with E-state index in [0.717, 1.165) is 40.2 Å². The van der Waals surface area contributed by atoms with Crippen molar-refractivity contribution in [1.29, 1.82) is 15.8 Å². The molecule has 2 aliphatic rings. The van der Waals surface area contributed by atoms with Crippen molar-refractivity contribution in [2.24, 2.45) is 5.41 Å². The number of nitriles is 3. The SMILES string of the molecule is CCOC(=O)/C(C#N)=C1C=C(/C=C/c2ccc(N(c3ccccc3)c3ccc(/C=C/C4=CC(=C(C#N)C#N)C=C(C)O4)cc3)cc2)CC(C)(C)C\1. The van der Waals surface area contributed by atoms with Gasteiger partial charge < -0.3 is 14.4 Å². The highest BCUT2D eigenvalue weighted by atomic mass is 16.5. The summed E-state index contributed by atoms with van der Waals surface area (Å²) in [5.41, 5.74) is 7.26. The number of rotatable bonds is 9. The van der Waals surface area contributed by atoms with Crippen molar-refractivity contribution < 1.29 is 14.3 Å². The zero-order valence-corrected chi connectivity index (χ0v) is 29.2. The quantitative estimate of drug-likeness (QED) is 0.127. The van der Waals surface area contributed by atoms with Crippen LogP contribution in [0.15, 0.2) is 149 Å². The monoisotopic (exact) mass is 670 g/mol. The molecule has 0 aromatic heterocycles. The highest BCUT2D eigenvalue weighted by molar-refractivity contribution is 5.94. The molecular formula is C44H38N4O3. The fourth-order valence-corrected chi connectivity index (χ4v) is 6.09. The average molecular weight is 671 g/mol. The van der Waals surface area contributed by atoms with E-state index in [1.54, 1.807) is 26.0 Å². The van der Waals surface area contributed by atoms with Crippen LogP contribution in [0.4, 0.5) is 17.1 Å². The van der Waals surface area contributed by atoms with Gasteiger partial charge in [0.05, 0.1) is 6.61 Å². The number of anilines is 3. The maximum absolute atomic E-state index is 12.4. The predicted octanol–water partition coefficient (Wildman–Crippen LogP) is 10.5. The third kappa shape index (κ3) is 9.09. The molecule has 1 aliphatic carbocycles. The molecule has 3 aromatic carbocycles. The lowest BCUT2D eigenvalue weighted by Crippen LogP contribution is -2.19. The first-order valence-corrected chi connectivity index (χ1v) is 16.7. The van der Waals surface area contributed by atoms with E-state index in [2.05, 4.69) is 85.5 Å². The molecule has 0 atom stereocenters. The second kappa shape index (κ2) is 16.2. The number of nitrogens with zero attached hydrogens (tertiary/aromatic N) is 4. The molecule has 0 bridgehead atoms. The molecule has 0 saturated heterocycles. The van der Waals surface area contributed by atoms with Gasteiger partial charge in [-0.05, 0) is 109 Å². The van der Waals surface area contributed by atoms with Crippen LogP contribution in [-0.4, -0.2) is 12.6 Å². The molecule has 0 saturated carbocycles. The minimum Gasteiger partial charge on any atom is -0.462 e. The molecule has 7 nitrogen and oxygen atoms in total. The molecule has 0 spiro atoms. The molecule has 0 amide bonds. The van der Waals surface area contributed by atoms with Crippen LogP contribution >= 0.6 is 0 Å². The lowest BCUT2D eigenvalue weighted by atomic mass is 9.74. The zero-order valence-electron chi connectivity index (χ0n) is 29.2. The van der Waals surface area contributed by atoms with Gasteiger partial charge in [0.15, 0.2) is 0 Å². The third-order valence-electron chi connectivity index (χ3n) is 8.32. The third-order valence-corrected chi connectivity index (χ3v) is 8.32. The van der Waals surface area contributed by atoms with E-state index in [4.69, 9.17) is 9.47 Å². The molecule has 1 heterocycles.